The van der Waals surface area contributed by atoms with Gasteiger partial charge in [0, 0.05) is 6.08 Å². The Balaban J connectivity index is 2.79. The van der Waals surface area contributed by atoms with E-state index < -0.39 is 4.92 Å². The van der Waals surface area contributed by atoms with Gasteiger partial charge in [-0.25, -0.2) is 0 Å². The normalized spacial score (nSPS) is 12.2. The van der Waals surface area contributed by atoms with E-state index in [1.807, 2.05) is 27.3 Å². The Morgan fingerprint density at radius 2 is 2.07 bits per heavy atom. The van der Waals surface area contributed by atoms with Gasteiger partial charge in [-0.05, 0) is 6.07 Å². The van der Waals surface area contributed by atoms with Crippen LogP contribution < -0.4 is 0 Å². The largest absolute Gasteiger partial charge is 0.433 e. The van der Waals surface area contributed by atoms with Crippen molar-refractivity contribution in [2.24, 2.45) is 0 Å². The third-order valence-corrected chi connectivity index (χ3v) is 1.48. The van der Waals surface area contributed by atoms with Crippen LogP contribution in [0, 0.1) is 10.1 Å². The quantitative estimate of drug-likeness (QED) is 0.422. The third-order valence-electron chi connectivity index (χ3n) is 1.48. The number of quaternary nitrogens is 1. The van der Waals surface area contributed by atoms with Crippen LogP contribution in [0.15, 0.2) is 22.7 Å². The Kier molecular flexibility index (Phi) is 2.71. The second-order valence-corrected chi connectivity index (χ2v) is 3.87. The molecule has 1 aromatic rings. The van der Waals surface area contributed by atoms with Crippen LogP contribution in [0.5, 0.6) is 0 Å². The Morgan fingerprint density at radius 1 is 1.43 bits per heavy atom. The molecular formula is C9H13N2O3+. The lowest BCUT2D eigenvalue weighted by molar-refractivity contribution is -0.816. The minimum absolute atomic E-state index is 0.231. The molecule has 0 saturated heterocycles. The van der Waals surface area contributed by atoms with Crippen molar-refractivity contribution in [1.82, 2.24) is 0 Å². The Bertz CT molecular complexity index is 360. The predicted octanol–water partition coefficient (Wildman–Crippen LogP) is 1.86. The number of furan rings is 1. The molecule has 5 nitrogen and oxygen atoms in total. The first-order valence-corrected chi connectivity index (χ1v) is 4.13. The monoisotopic (exact) mass is 197 g/mol. The maximum Gasteiger partial charge on any atom is 0.433 e. The fraction of sp³-hybridized carbons (Fsp3) is 0.333. The lowest BCUT2D eigenvalue weighted by Gasteiger charge is -2.16. The summed E-state index contributed by atoms with van der Waals surface area (Å²) < 4.78 is 5.58. The number of hydrogen-bond acceptors (Lipinski definition) is 3. The van der Waals surface area contributed by atoms with Gasteiger partial charge in [0.1, 0.15) is 10.7 Å². The number of nitro groups is 1. The van der Waals surface area contributed by atoms with Crippen LogP contribution >= 0.6 is 0 Å². The summed E-state index contributed by atoms with van der Waals surface area (Å²) >= 11 is 0. The highest BCUT2D eigenvalue weighted by Crippen LogP contribution is 2.16. The van der Waals surface area contributed by atoms with E-state index in [9.17, 15) is 10.1 Å². The maximum absolute atomic E-state index is 10.3. The highest BCUT2D eigenvalue weighted by molar-refractivity contribution is 5.43. The summed E-state index contributed by atoms with van der Waals surface area (Å²) in [6.07, 6.45) is 3.59. The van der Waals surface area contributed by atoms with Gasteiger partial charge in [0.2, 0.25) is 0 Å². The summed E-state index contributed by atoms with van der Waals surface area (Å²) in [6.45, 7) is 0. The van der Waals surface area contributed by atoms with E-state index in [1.165, 1.54) is 6.07 Å². The van der Waals surface area contributed by atoms with E-state index in [0.29, 0.717) is 10.2 Å². The zero-order chi connectivity index (χ0) is 10.8. The van der Waals surface area contributed by atoms with Crippen molar-refractivity contribution >= 4 is 12.0 Å². The van der Waals surface area contributed by atoms with Crippen LogP contribution in [0.2, 0.25) is 0 Å². The summed E-state index contributed by atoms with van der Waals surface area (Å²) in [4.78, 5) is 9.75. The second kappa shape index (κ2) is 3.63. The van der Waals surface area contributed by atoms with E-state index in [2.05, 4.69) is 0 Å². The van der Waals surface area contributed by atoms with Gasteiger partial charge in [-0.15, -0.1) is 0 Å². The molecule has 0 aliphatic heterocycles. The first kappa shape index (κ1) is 10.5. The topological polar surface area (TPSA) is 56.3 Å². The molecule has 0 aromatic carbocycles. The Hall–Kier alpha value is -1.62. The minimum atomic E-state index is -0.552. The SMILES string of the molecule is C[N+](C)(C)/C=C\c1ccc([N+](=O)[O-])o1. The minimum Gasteiger partial charge on any atom is -0.401 e. The summed E-state index contributed by atoms with van der Waals surface area (Å²) in [7, 11) is 5.94. The van der Waals surface area contributed by atoms with Crippen molar-refractivity contribution < 1.29 is 13.8 Å². The molecular weight excluding hydrogens is 184 g/mol. The van der Waals surface area contributed by atoms with Crippen LogP contribution in [-0.2, 0) is 0 Å². The van der Waals surface area contributed by atoms with Gasteiger partial charge < -0.3 is 8.90 Å². The standard InChI is InChI=1S/C9H13N2O3/c1-11(2,3)7-6-8-4-5-9(14-8)10(12)13/h4-7H,1-3H3/q+1/b7-6-. The second-order valence-electron chi connectivity index (χ2n) is 3.87. The van der Waals surface area contributed by atoms with Gasteiger partial charge in [-0.2, -0.15) is 0 Å². The molecule has 5 heteroatoms. The van der Waals surface area contributed by atoms with Gasteiger partial charge in [0.15, 0.2) is 0 Å². The number of rotatable bonds is 3. The molecule has 1 rings (SSSR count). The molecule has 0 atom stereocenters. The van der Waals surface area contributed by atoms with Crippen molar-refractivity contribution in [1.29, 1.82) is 0 Å². The van der Waals surface area contributed by atoms with Gasteiger partial charge in [-0.1, -0.05) is 0 Å². The molecule has 0 spiro atoms. The Labute approximate surface area is 82.0 Å². The lowest BCUT2D eigenvalue weighted by Crippen LogP contribution is -2.26. The molecule has 0 amide bonds. The van der Waals surface area contributed by atoms with E-state index in [4.69, 9.17) is 4.42 Å². The van der Waals surface area contributed by atoms with Crippen LogP contribution in [-0.4, -0.2) is 30.5 Å². The van der Waals surface area contributed by atoms with E-state index in [-0.39, 0.29) is 5.88 Å². The van der Waals surface area contributed by atoms with Gasteiger partial charge in [0.05, 0.1) is 33.4 Å². The number of hydrogen-bond donors (Lipinski definition) is 0. The van der Waals surface area contributed by atoms with Gasteiger partial charge in [-0.3, -0.25) is 10.1 Å². The van der Waals surface area contributed by atoms with Gasteiger partial charge >= 0.3 is 5.88 Å². The fourth-order valence-corrected chi connectivity index (χ4v) is 0.827. The van der Waals surface area contributed by atoms with Crippen LogP contribution in [0.3, 0.4) is 0 Å². The van der Waals surface area contributed by atoms with E-state index in [0.717, 1.165) is 0 Å². The smallest absolute Gasteiger partial charge is 0.401 e. The molecule has 14 heavy (non-hydrogen) atoms. The zero-order valence-corrected chi connectivity index (χ0v) is 8.43. The van der Waals surface area contributed by atoms with Crippen molar-refractivity contribution in [2.75, 3.05) is 21.1 Å². The third kappa shape index (κ3) is 3.02. The molecule has 0 unspecified atom stereocenters. The van der Waals surface area contributed by atoms with E-state index >= 15 is 0 Å². The zero-order valence-electron chi connectivity index (χ0n) is 8.43. The summed E-state index contributed by atoms with van der Waals surface area (Å²) in [5.41, 5.74) is 0. The summed E-state index contributed by atoms with van der Waals surface area (Å²) in [5, 5.41) is 10.3. The van der Waals surface area contributed by atoms with Crippen molar-refractivity contribution in [3.8, 4) is 0 Å². The summed E-state index contributed by atoms with van der Waals surface area (Å²) in [6, 6.07) is 2.92. The maximum atomic E-state index is 10.3. The Morgan fingerprint density at radius 3 is 2.50 bits per heavy atom. The molecule has 0 bridgehead atoms. The first-order chi connectivity index (χ1) is 6.38. The molecule has 0 aliphatic rings. The molecule has 0 fully saturated rings. The number of nitrogens with zero attached hydrogens (tertiary/aromatic N) is 2. The van der Waals surface area contributed by atoms with E-state index in [1.54, 1.807) is 12.1 Å². The van der Waals surface area contributed by atoms with Crippen molar-refractivity contribution in [2.45, 2.75) is 0 Å². The molecule has 0 aliphatic carbocycles. The van der Waals surface area contributed by atoms with Crippen molar-refractivity contribution in [3.05, 3.63) is 34.2 Å². The first-order valence-electron chi connectivity index (χ1n) is 4.13. The van der Waals surface area contributed by atoms with Crippen molar-refractivity contribution in [3.63, 3.8) is 0 Å². The molecule has 0 N–H and O–H groups in total. The average molecular weight is 197 g/mol. The predicted molar refractivity (Wildman–Crippen MR) is 52.4 cm³/mol. The van der Waals surface area contributed by atoms with Crippen LogP contribution in [0.1, 0.15) is 5.76 Å². The molecule has 0 radical (unpaired) electrons. The van der Waals surface area contributed by atoms with Crippen LogP contribution in [0.25, 0.3) is 6.08 Å². The molecule has 76 valence electrons. The highest BCUT2D eigenvalue weighted by atomic mass is 16.6. The highest BCUT2D eigenvalue weighted by Gasteiger charge is 2.10. The lowest BCUT2D eigenvalue weighted by atomic mass is 10.4. The summed E-state index contributed by atoms with van der Waals surface area (Å²) in [5.74, 6) is 0.260. The van der Waals surface area contributed by atoms with Gasteiger partial charge in [0.25, 0.3) is 0 Å². The molecule has 1 heterocycles. The molecule has 1 aromatic heterocycles. The van der Waals surface area contributed by atoms with Crippen LogP contribution in [0.4, 0.5) is 5.88 Å². The molecule has 0 saturated carbocycles. The fourth-order valence-electron chi connectivity index (χ4n) is 0.827. The average Bonchev–Trinajstić information content (AvgIpc) is 2.47.